The van der Waals surface area contributed by atoms with Crippen molar-refractivity contribution in [3.05, 3.63) is 17.5 Å². The summed E-state index contributed by atoms with van der Waals surface area (Å²) in [7, 11) is 3.48. The molecule has 1 rings (SSSR count). The topological polar surface area (TPSA) is 62.9 Å². The van der Waals surface area contributed by atoms with Crippen LogP contribution < -0.4 is 5.32 Å². The molecule has 0 saturated carbocycles. The van der Waals surface area contributed by atoms with Crippen molar-refractivity contribution in [1.82, 2.24) is 15.1 Å². The number of nitriles is 1. The van der Waals surface area contributed by atoms with Crippen molar-refractivity contribution in [1.29, 1.82) is 5.26 Å². The molecule has 5 heteroatoms. The van der Waals surface area contributed by atoms with Gasteiger partial charge in [-0.25, -0.2) is 0 Å². The van der Waals surface area contributed by atoms with Crippen molar-refractivity contribution < 1.29 is 4.74 Å². The van der Waals surface area contributed by atoms with Crippen molar-refractivity contribution in [2.45, 2.75) is 13.0 Å². The predicted octanol–water partition coefficient (Wildman–Crippen LogP) is 0.529. The number of methoxy groups -OCH3 is 1. The van der Waals surface area contributed by atoms with Crippen LogP contribution in [-0.4, -0.2) is 30.0 Å². The molecule has 1 atom stereocenters. The second-order valence-corrected chi connectivity index (χ2v) is 3.35. The molecule has 0 aliphatic heterocycles. The van der Waals surface area contributed by atoms with Gasteiger partial charge in [0.15, 0.2) is 0 Å². The lowest BCUT2D eigenvalue weighted by molar-refractivity contribution is 0.198. The first-order valence-electron chi connectivity index (χ1n) is 4.81. The minimum atomic E-state index is -0.311. The lowest BCUT2D eigenvalue weighted by Crippen LogP contribution is -2.24. The van der Waals surface area contributed by atoms with Crippen molar-refractivity contribution in [3.63, 3.8) is 0 Å². The Labute approximate surface area is 89.6 Å². The summed E-state index contributed by atoms with van der Waals surface area (Å²) in [5.74, 6) is 0. The Bertz CT molecular complexity index is 353. The van der Waals surface area contributed by atoms with Crippen LogP contribution in [0.1, 0.15) is 17.3 Å². The standard InChI is InChI=1S/C10H16N4O/c1-8-9(7-14(2)13-8)10(6-11)12-4-5-15-3/h7,10,12H,4-5H2,1-3H3. The Balaban J connectivity index is 2.67. The van der Waals surface area contributed by atoms with Gasteiger partial charge in [-0.2, -0.15) is 10.4 Å². The van der Waals surface area contributed by atoms with Crippen molar-refractivity contribution >= 4 is 0 Å². The summed E-state index contributed by atoms with van der Waals surface area (Å²) in [6.45, 7) is 3.15. The quantitative estimate of drug-likeness (QED) is 0.717. The number of rotatable bonds is 5. The van der Waals surface area contributed by atoms with Gasteiger partial charge in [-0.1, -0.05) is 0 Å². The summed E-state index contributed by atoms with van der Waals surface area (Å²) in [6, 6.07) is 1.90. The maximum atomic E-state index is 9.02. The molecule has 1 aromatic rings. The fourth-order valence-corrected chi connectivity index (χ4v) is 1.43. The molecule has 0 bridgehead atoms. The van der Waals surface area contributed by atoms with Gasteiger partial charge >= 0.3 is 0 Å². The van der Waals surface area contributed by atoms with E-state index in [0.717, 1.165) is 11.3 Å². The van der Waals surface area contributed by atoms with Gasteiger partial charge in [0.25, 0.3) is 0 Å². The van der Waals surface area contributed by atoms with E-state index < -0.39 is 0 Å². The van der Waals surface area contributed by atoms with E-state index in [0.29, 0.717) is 13.2 Å². The normalized spacial score (nSPS) is 12.4. The van der Waals surface area contributed by atoms with E-state index in [2.05, 4.69) is 16.5 Å². The first-order valence-corrected chi connectivity index (χ1v) is 4.81. The largest absolute Gasteiger partial charge is 0.383 e. The molecule has 15 heavy (non-hydrogen) atoms. The zero-order valence-electron chi connectivity index (χ0n) is 9.32. The molecule has 0 aliphatic carbocycles. The zero-order chi connectivity index (χ0) is 11.3. The summed E-state index contributed by atoms with van der Waals surface area (Å²) < 4.78 is 6.63. The average Bonchev–Trinajstić information content (AvgIpc) is 2.53. The van der Waals surface area contributed by atoms with Gasteiger partial charge in [0, 0.05) is 32.5 Å². The molecular formula is C10H16N4O. The third-order valence-corrected chi connectivity index (χ3v) is 2.15. The number of hydrogen-bond donors (Lipinski definition) is 1. The Kier molecular flexibility index (Phi) is 4.28. The molecule has 0 saturated heterocycles. The highest BCUT2D eigenvalue weighted by atomic mass is 16.5. The highest BCUT2D eigenvalue weighted by Crippen LogP contribution is 2.14. The maximum Gasteiger partial charge on any atom is 0.124 e. The number of aromatic nitrogens is 2. The number of aryl methyl sites for hydroxylation is 2. The van der Waals surface area contributed by atoms with Crippen LogP contribution in [0, 0.1) is 18.3 Å². The van der Waals surface area contributed by atoms with Crippen molar-refractivity contribution in [3.8, 4) is 6.07 Å². The van der Waals surface area contributed by atoms with E-state index in [1.807, 2.05) is 20.2 Å². The number of hydrogen-bond acceptors (Lipinski definition) is 4. The molecule has 82 valence electrons. The van der Waals surface area contributed by atoms with Gasteiger partial charge in [-0.05, 0) is 6.92 Å². The minimum absolute atomic E-state index is 0.311. The van der Waals surface area contributed by atoms with E-state index in [4.69, 9.17) is 10.00 Å². The van der Waals surface area contributed by atoms with Crippen LogP contribution in [0.25, 0.3) is 0 Å². The molecule has 0 fully saturated rings. The second kappa shape index (κ2) is 5.49. The van der Waals surface area contributed by atoms with E-state index in [1.165, 1.54) is 0 Å². The van der Waals surface area contributed by atoms with Crippen LogP contribution in [-0.2, 0) is 11.8 Å². The molecule has 0 amide bonds. The Morgan fingerprint density at radius 1 is 1.73 bits per heavy atom. The van der Waals surface area contributed by atoms with Crippen LogP contribution in [0.2, 0.25) is 0 Å². The van der Waals surface area contributed by atoms with Crippen molar-refractivity contribution in [2.75, 3.05) is 20.3 Å². The number of nitrogens with zero attached hydrogens (tertiary/aromatic N) is 3. The molecule has 1 heterocycles. The summed E-state index contributed by atoms with van der Waals surface area (Å²) in [5.41, 5.74) is 1.81. The Morgan fingerprint density at radius 3 is 2.93 bits per heavy atom. The number of nitrogens with one attached hydrogen (secondary N) is 1. The zero-order valence-corrected chi connectivity index (χ0v) is 9.32. The number of ether oxygens (including phenoxy) is 1. The molecule has 0 aliphatic rings. The van der Waals surface area contributed by atoms with Gasteiger partial charge in [-0.15, -0.1) is 0 Å². The van der Waals surface area contributed by atoms with E-state index in [9.17, 15) is 0 Å². The fraction of sp³-hybridized carbons (Fsp3) is 0.600. The summed E-state index contributed by atoms with van der Waals surface area (Å²) in [5, 5.41) is 16.3. The predicted molar refractivity (Wildman–Crippen MR) is 56.2 cm³/mol. The fourth-order valence-electron chi connectivity index (χ4n) is 1.43. The third-order valence-electron chi connectivity index (χ3n) is 2.15. The molecular weight excluding hydrogens is 192 g/mol. The molecule has 0 radical (unpaired) electrons. The molecule has 5 nitrogen and oxygen atoms in total. The maximum absolute atomic E-state index is 9.02. The SMILES string of the molecule is COCCNC(C#N)c1cn(C)nc1C. The summed E-state index contributed by atoms with van der Waals surface area (Å²) in [4.78, 5) is 0. The van der Waals surface area contributed by atoms with Crippen molar-refractivity contribution in [2.24, 2.45) is 7.05 Å². The van der Waals surface area contributed by atoms with Crippen LogP contribution in [0.5, 0.6) is 0 Å². The van der Waals surface area contributed by atoms with E-state index in [-0.39, 0.29) is 6.04 Å². The monoisotopic (exact) mass is 208 g/mol. The smallest absolute Gasteiger partial charge is 0.124 e. The highest BCUT2D eigenvalue weighted by molar-refractivity contribution is 5.25. The first kappa shape index (κ1) is 11.7. The van der Waals surface area contributed by atoms with Gasteiger partial charge in [0.2, 0.25) is 0 Å². The molecule has 1 aromatic heterocycles. The minimum Gasteiger partial charge on any atom is -0.383 e. The summed E-state index contributed by atoms with van der Waals surface area (Å²) in [6.07, 6.45) is 1.86. The van der Waals surface area contributed by atoms with Crippen LogP contribution in [0.4, 0.5) is 0 Å². The lowest BCUT2D eigenvalue weighted by atomic mass is 10.1. The Hall–Kier alpha value is -1.38. The van der Waals surface area contributed by atoms with Gasteiger partial charge in [0.05, 0.1) is 18.4 Å². The van der Waals surface area contributed by atoms with Gasteiger partial charge < -0.3 is 4.74 Å². The lowest BCUT2D eigenvalue weighted by Gasteiger charge is -2.09. The Morgan fingerprint density at radius 2 is 2.47 bits per heavy atom. The van der Waals surface area contributed by atoms with Gasteiger partial charge in [0.1, 0.15) is 6.04 Å². The molecule has 0 aromatic carbocycles. The van der Waals surface area contributed by atoms with Crippen LogP contribution in [0.15, 0.2) is 6.20 Å². The van der Waals surface area contributed by atoms with E-state index in [1.54, 1.807) is 11.8 Å². The molecule has 0 spiro atoms. The van der Waals surface area contributed by atoms with Crippen LogP contribution >= 0.6 is 0 Å². The first-order chi connectivity index (χ1) is 7.19. The highest BCUT2D eigenvalue weighted by Gasteiger charge is 2.14. The average molecular weight is 208 g/mol. The van der Waals surface area contributed by atoms with Gasteiger partial charge in [-0.3, -0.25) is 10.00 Å². The summed E-state index contributed by atoms with van der Waals surface area (Å²) >= 11 is 0. The molecule has 1 N–H and O–H groups in total. The van der Waals surface area contributed by atoms with E-state index >= 15 is 0 Å². The third kappa shape index (κ3) is 3.05. The second-order valence-electron chi connectivity index (χ2n) is 3.35. The molecule has 1 unspecified atom stereocenters. The van der Waals surface area contributed by atoms with Crippen LogP contribution in [0.3, 0.4) is 0 Å².